The molecule has 0 bridgehead atoms. The van der Waals surface area contributed by atoms with Crippen molar-refractivity contribution in [3.05, 3.63) is 35.1 Å². The molecule has 1 N–H and O–H groups in total. The Balaban J connectivity index is 1.96. The largest absolute Gasteiger partial charge is 0.307 e. The molecule has 0 amide bonds. The lowest BCUT2D eigenvalue weighted by molar-refractivity contribution is 0.266. The van der Waals surface area contributed by atoms with Crippen LogP contribution in [-0.2, 0) is 0 Å². The number of aryl methyl sites for hydroxylation is 1. The van der Waals surface area contributed by atoms with E-state index in [2.05, 4.69) is 19.2 Å². The molecule has 0 heterocycles. The average molecular weight is 263 g/mol. The highest BCUT2D eigenvalue weighted by Crippen LogP contribution is 2.28. The van der Waals surface area contributed by atoms with Crippen molar-refractivity contribution in [1.29, 1.82) is 0 Å². The standard InChI is InChI=1S/C17H26FN/c1-4-14-6-5-7-16(10-14)19-13(3)15-9-8-12(2)17(18)11-15/h8-9,11,13-14,16,19H,4-7,10H2,1-3H3. The molecule has 3 atom stereocenters. The Morgan fingerprint density at radius 2 is 2.16 bits per heavy atom. The highest BCUT2D eigenvalue weighted by atomic mass is 19.1. The van der Waals surface area contributed by atoms with Gasteiger partial charge in [-0.2, -0.15) is 0 Å². The lowest BCUT2D eigenvalue weighted by atomic mass is 9.84. The first-order valence-corrected chi connectivity index (χ1v) is 7.62. The molecule has 0 saturated heterocycles. The zero-order valence-corrected chi connectivity index (χ0v) is 12.4. The molecule has 2 heteroatoms. The number of rotatable bonds is 4. The molecule has 1 saturated carbocycles. The third-order valence-corrected chi connectivity index (χ3v) is 4.54. The van der Waals surface area contributed by atoms with Crippen molar-refractivity contribution in [2.45, 2.75) is 65.0 Å². The predicted octanol–water partition coefficient (Wildman–Crippen LogP) is 4.75. The van der Waals surface area contributed by atoms with Gasteiger partial charge in [0, 0.05) is 12.1 Å². The van der Waals surface area contributed by atoms with Crippen molar-refractivity contribution >= 4 is 0 Å². The van der Waals surface area contributed by atoms with Gasteiger partial charge in [-0.05, 0) is 49.8 Å². The molecule has 3 unspecified atom stereocenters. The molecule has 1 aliphatic carbocycles. The van der Waals surface area contributed by atoms with Crippen LogP contribution in [-0.4, -0.2) is 6.04 Å². The van der Waals surface area contributed by atoms with Gasteiger partial charge in [-0.25, -0.2) is 4.39 Å². The fraction of sp³-hybridized carbons (Fsp3) is 0.647. The van der Waals surface area contributed by atoms with E-state index in [9.17, 15) is 4.39 Å². The van der Waals surface area contributed by atoms with E-state index in [1.54, 1.807) is 6.07 Å². The quantitative estimate of drug-likeness (QED) is 0.826. The van der Waals surface area contributed by atoms with Crippen LogP contribution in [0.2, 0.25) is 0 Å². The Morgan fingerprint density at radius 1 is 1.37 bits per heavy atom. The summed E-state index contributed by atoms with van der Waals surface area (Å²) in [5.41, 5.74) is 1.78. The minimum atomic E-state index is -0.0961. The molecule has 1 nitrogen and oxygen atoms in total. The summed E-state index contributed by atoms with van der Waals surface area (Å²) in [5, 5.41) is 3.68. The fourth-order valence-corrected chi connectivity index (χ4v) is 3.14. The van der Waals surface area contributed by atoms with E-state index in [0.29, 0.717) is 6.04 Å². The van der Waals surface area contributed by atoms with Crippen molar-refractivity contribution in [3.8, 4) is 0 Å². The molecule has 2 rings (SSSR count). The molecule has 0 radical (unpaired) electrons. The molecule has 106 valence electrons. The normalized spacial score (nSPS) is 25.3. The molecule has 1 aromatic carbocycles. The first-order chi connectivity index (χ1) is 9.10. The van der Waals surface area contributed by atoms with Crippen LogP contribution in [0.3, 0.4) is 0 Å². The monoisotopic (exact) mass is 263 g/mol. The average Bonchev–Trinajstić information content (AvgIpc) is 2.42. The molecule has 0 aromatic heterocycles. The van der Waals surface area contributed by atoms with Gasteiger partial charge in [0.15, 0.2) is 0 Å². The fourth-order valence-electron chi connectivity index (χ4n) is 3.14. The maximum atomic E-state index is 13.6. The zero-order chi connectivity index (χ0) is 13.8. The van der Waals surface area contributed by atoms with Crippen LogP contribution >= 0.6 is 0 Å². The highest BCUT2D eigenvalue weighted by molar-refractivity contribution is 5.25. The van der Waals surface area contributed by atoms with Gasteiger partial charge in [-0.15, -0.1) is 0 Å². The van der Waals surface area contributed by atoms with Crippen molar-refractivity contribution in [3.63, 3.8) is 0 Å². The summed E-state index contributed by atoms with van der Waals surface area (Å²) >= 11 is 0. The summed E-state index contributed by atoms with van der Waals surface area (Å²) in [6.07, 6.45) is 6.52. The lowest BCUT2D eigenvalue weighted by Crippen LogP contribution is -2.35. The van der Waals surface area contributed by atoms with Gasteiger partial charge in [0.2, 0.25) is 0 Å². The lowest BCUT2D eigenvalue weighted by Gasteiger charge is -2.31. The smallest absolute Gasteiger partial charge is 0.126 e. The minimum absolute atomic E-state index is 0.0961. The Kier molecular flexibility index (Phi) is 4.98. The van der Waals surface area contributed by atoms with Gasteiger partial charge >= 0.3 is 0 Å². The number of hydrogen-bond donors (Lipinski definition) is 1. The summed E-state index contributed by atoms with van der Waals surface area (Å²) in [4.78, 5) is 0. The molecule has 0 aliphatic heterocycles. The van der Waals surface area contributed by atoms with Crippen LogP contribution in [0.15, 0.2) is 18.2 Å². The van der Waals surface area contributed by atoms with Crippen LogP contribution < -0.4 is 5.32 Å². The summed E-state index contributed by atoms with van der Waals surface area (Å²) in [6.45, 7) is 6.23. The topological polar surface area (TPSA) is 12.0 Å². The zero-order valence-electron chi connectivity index (χ0n) is 12.4. The number of nitrogens with one attached hydrogen (secondary N) is 1. The van der Waals surface area contributed by atoms with E-state index in [0.717, 1.165) is 17.0 Å². The molecule has 19 heavy (non-hydrogen) atoms. The van der Waals surface area contributed by atoms with Crippen molar-refractivity contribution in [2.75, 3.05) is 0 Å². The Morgan fingerprint density at radius 3 is 2.84 bits per heavy atom. The van der Waals surface area contributed by atoms with Crippen molar-refractivity contribution in [1.82, 2.24) is 5.32 Å². The maximum absolute atomic E-state index is 13.6. The molecule has 1 fully saturated rings. The van der Waals surface area contributed by atoms with Gasteiger partial charge in [0.1, 0.15) is 5.82 Å². The number of benzene rings is 1. The Bertz CT molecular complexity index is 416. The van der Waals surface area contributed by atoms with E-state index < -0.39 is 0 Å². The van der Waals surface area contributed by atoms with Crippen LogP contribution in [0.25, 0.3) is 0 Å². The third-order valence-electron chi connectivity index (χ3n) is 4.54. The minimum Gasteiger partial charge on any atom is -0.307 e. The summed E-state index contributed by atoms with van der Waals surface area (Å²) in [7, 11) is 0. The first kappa shape index (κ1) is 14.5. The van der Waals surface area contributed by atoms with Gasteiger partial charge in [-0.1, -0.05) is 38.3 Å². The summed E-state index contributed by atoms with van der Waals surface area (Å²) in [6, 6.07) is 6.41. The third kappa shape index (κ3) is 3.79. The van der Waals surface area contributed by atoms with Crippen LogP contribution in [0, 0.1) is 18.7 Å². The number of halogens is 1. The summed E-state index contributed by atoms with van der Waals surface area (Å²) < 4.78 is 13.6. The second-order valence-electron chi connectivity index (χ2n) is 6.03. The molecular weight excluding hydrogens is 237 g/mol. The van der Waals surface area contributed by atoms with Gasteiger partial charge in [-0.3, -0.25) is 0 Å². The predicted molar refractivity (Wildman–Crippen MR) is 78.7 cm³/mol. The van der Waals surface area contributed by atoms with E-state index in [1.165, 1.54) is 32.1 Å². The van der Waals surface area contributed by atoms with Gasteiger partial charge in [0.25, 0.3) is 0 Å². The van der Waals surface area contributed by atoms with Crippen molar-refractivity contribution < 1.29 is 4.39 Å². The second-order valence-corrected chi connectivity index (χ2v) is 6.03. The van der Waals surface area contributed by atoms with Crippen LogP contribution in [0.5, 0.6) is 0 Å². The van der Waals surface area contributed by atoms with E-state index in [4.69, 9.17) is 0 Å². The molecule has 0 spiro atoms. The SMILES string of the molecule is CCC1CCCC(NC(C)c2ccc(C)c(F)c2)C1. The molecule has 1 aliphatic rings. The maximum Gasteiger partial charge on any atom is 0.126 e. The number of hydrogen-bond acceptors (Lipinski definition) is 1. The summed E-state index contributed by atoms with van der Waals surface area (Å²) in [5.74, 6) is 0.773. The highest BCUT2D eigenvalue weighted by Gasteiger charge is 2.22. The Hall–Kier alpha value is -0.890. The van der Waals surface area contributed by atoms with E-state index in [1.807, 2.05) is 19.1 Å². The van der Waals surface area contributed by atoms with Crippen molar-refractivity contribution in [2.24, 2.45) is 5.92 Å². The van der Waals surface area contributed by atoms with E-state index >= 15 is 0 Å². The van der Waals surface area contributed by atoms with Crippen LogP contribution in [0.4, 0.5) is 4.39 Å². The molecule has 1 aromatic rings. The Labute approximate surface area is 116 Å². The second kappa shape index (κ2) is 6.51. The van der Waals surface area contributed by atoms with Gasteiger partial charge < -0.3 is 5.32 Å². The van der Waals surface area contributed by atoms with Crippen LogP contribution in [0.1, 0.15) is 63.1 Å². The first-order valence-electron chi connectivity index (χ1n) is 7.62. The van der Waals surface area contributed by atoms with E-state index in [-0.39, 0.29) is 11.9 Å². The molecular formula is C17H26FN. The van der Waals surface area contributed by atoms with Gasteiger partial charge in [0.05, 0.1) is 0 Å².